The smallest absolute Gasteiger partial charge is 0.248 e. The average molecular weight is 369 g/mol. The molecule has 2 aliphatic heterocycles. The zero-order valence-corrected chi connectivity index (χ0v) is 15.5. The number of nitrogens with zero attached hydrogens (tertiary/aromatic N) is 5. The van der Waals surface area contributed by atoms with E-state index >= 15 is 0 Å². The van der Waals surface area contributed by atoms with Crippen LogP contribution < -0.4 is 0 Å². The summed E-state index contributed by atoms with van der Waals surface area (Å²) in [6.07, 6.45) is 10.1. The summed E-state index contributed by atoms with van der Waals surface area (Å²) in [6, 6.07) is 10.3. The second-order valence-corrected chi connectivity index (χ2v) is 7.00. The SMILES string of the molecule is Cc1cn(C2=NCC(=O)N3CCc4c(cccc4-c4cccnc4)C3=C2)cn1. The standard InChI is InChI=1S/C22H19N5O/c1-15-13-26(14-25-15)21-10-20-19-6-2-5-17(16-4-3-8-23-11-16)18(19)7-9-27(20)22(28)12-24-21/h2-6,8,10-11,13-14H,7,9,12H2,1H3. The Morgan fingerprint density at radius 2 is 2.00 bits per heavy atom. The van der Waals surface area contributed by atoms with E-state index in [9.17, 15) is 4.79 Å². The lowest BCUT2D eigenvalue weighted by molar-refractivity contribution is -0.126. The third-order valence-electron chi connectivity index (χ3n) is 5.22. The molecular formula is C22H19N5O. The molecule has 0 N–H and O–H groups in total. The summed E-state index contributed by atoms with van der Waals surface area (Å²) >= 11 is 0. The summed E-state index contributed by atoms with van der Waals surface area (Å²) in [7, 11) is 0. The number of rotatable bonds is 1. The molecule has 0 saturated heterocycles. The number of carbonyl (C=O) groups excluding carboxylic acids is 1. The predicted octanol–water partition coefficient (Wildman–Crippen LogP) is 2.94. The van der Waals surface area contributed by atoms with Gasteiger partial charge in [0, 0.05) is 42.3 Å². The van der Waals surface area contributed by atoms with Crippen molar-refractivity contribution in [3.63, 3.8) is 0 Å². The second kappa shape index (κ2) is 6.56. The molecule has 0 saturated carbocycles. The highest BCUT2D eigenvalue weighted by Crippen LogP contribution is 2.36. The summed E-state index contributed by atoms with van der Waals surface area (Å²) in [5, 5.41) is 0. The second-order valence-electron chi connectivity index (χ2n) is 7.00. The van der Waals surface area contributed by atoms with E-state index in [0.29, 0.717) is 6.54 Å². The molecule has 1 amide bonds. The van der Waals surface area contributed by atoms with Crippen molar-refractivity contribution in [3.8, 4) is 11.1 Å². The van der Waals surface area contributed by atoms with Crippen molar-refractivity contribution in [2.45, 2.75) is 13.3 Å². The molecule has 0 unspecified atom stereocenters. The number of aliphatic imine (C=N–C) groups is 1. The fraction of sp³-hybridized carbons (Fsp3) is 0.182. The van der Waals surface area contributed by atoms with Crippen molar-refractivity contribution in [1.29, 1.82) is 0 Å². The minimum Gasteiger partial charge on any atom is -0.310 e. The van der Waals surface area contributed by atoms with Gasteiger partial charge in [-0.05, 0) is 30.5 Å². The van der Waals surface area contributed by atoms with E-state index in [2.05, 4.69) is 33.2 Å². The summed E-state index contributed by atoms with van der Waals surface area (Å²) in [4.78, 5) is 27.7. The maximum Gasteiger partial charge on any atom is 0.248 e. The minimum atomic E-state index is 0.0236. The van der Waals surface area contributed by atoms with E-state index in [4.69, 9.17) is 0 Å². The van der Waals surface area contributed by atoms with Gasteiger partial charge in [-0.15, -0.1) is 0 Å². The Hall–Kier alpha value is -3.54. The number of aromatic nitrogens is 3. The van der Waals surface area contributed by atoms with Crippen molar-refractivity contribution in [2.75, 3.05) is 13.1 Å². The lowest BCUT2D eigenvalue weighted by Crippen LogP contribution is -2.36. The molecule has 2 aliphatic rings. The Morgan fingerprint density at radius 3 is 2.79 bits per heavy atom. The first-order valence-corrected chi connectivity index (χ1v) is 9.31. The van der Waals surface area contributed by atoms with Crippen LogP contribution in [-0.2, 0) is 11.2 Å². The number of fused-ring (bicyclic) bond motifs is 3. The molecule has 2 aromatic heterocycles. The molecule has 0 aliphatic carbocycles. The van der Waals surface area contributed by atoms with Crippen LogP contribution in [0.25, 0.3) is 16.8 Å². The fourth-order valence-corrected chi connectivity index (χ4v) is 3.90. The van der Waals surface area contributed by atoms with Gasteiger partial charge in [0.1, 0.15) is 18.7 Å². The number of aryl methyl sites for hydroxylation is 1. The Labute approximate surface area is 162 Å². The normalized spacial score (nSPS) is 16.0. The van der Waals surface area contributed by atoms with Gasteiger partial charge in [0.15, 0.2) is 0 Å². The number of benzene rings is 1. The molecule has 0 bridgehead atoms. The summed E-state index contributed by atoms with van der Waals surface area (Å²) in [5.74, 6) is 0.751. The van der Waals surface area contributed by atoms with Crippen LogP contribution in [0.3, 0.4) is 0 Å². The highest BCUT2D eigenvalue weighted by atomic mass is 16.2. The third-order valence-corrected chi connectivity index (χ3v) is 5.22. The van der Waals surface area contributed by atoms with Gasteiger partial charge in [0.25, 0.3) is 0 Å². The monoisotopic (exact) mass is 369 g/mol. The lowest BCUT2D eigenvalue weighted by Gasteiger charge is -2.32. The van der Waals surface area contributed by atoms with Crippen LogP contribution in [0.15, 0.2) is 66.3 Å². The van der Waals surface area contributed by atoms with Crippen LogP contribution >= 0.6 is 0 Å². The van der Waals surface area contributed by atoms with Gasteiger partial charge in [-0.3, -0.25) is 19.3 Å². The molecule has 1 aromatic carbocycles. The fourth-order valence-electron chi connectivity index (χ4n) is 3.90. The molecule has 0 radical (unpaired) electrons. The minimum absolute atomic E-state index is 0.0236. The van der Waals surface area contributed by atoms with E-state index in [0.717, 1.165) is 34.8 Å². The molecule has 5 rings (SSSR count). The maximum absolute atomic E-state index is 12.7. The van der Waals surface area contributed by atoms with Gasteiger partial charge in [-0.25, -0.2) is 4.98 Å². The van der Waals surface area contributed by atoms with Crippen molar-refractivity contribution >= 4 is 17.4 Å². The van der Waals surface area contributed by atoms with E-state index in [-0.39, 0.29) is 12.5 Å². The lowest BCUT2D eigenvalue weighted by atomic mass is 9.89. The summed E-state index contributed by atoms with van der Waals surface area (Å²) in [5.41, 5.74) is 6.39. The Bertz CT molecular complexity index is 1130. The number of amides is 1. The van der Waals surface area contributed by atoms with Gasteiger partial charge in [0.05, 0.1) is 11.4 Å². The first kappa shape index (κ1) is 16.6. The number of pyridine rings is 1. The molecule has 28 heavy (non-hydrogen) atoms. The quantitative estimate of drug-likeness (QED) is 0.662. The molecule has 0 fully saturated rings. The van der Waals surface area contributed by atoms with Crippen molar-refractivity contribution < 1.29 is 4.79 Å². The maximum atomic E-state index is 12.7. The summed E-state index contributed by atoms with van der Waals surface area (Å²) in [6.45, 7) is 2.74. The molecule has 138 valence electrons. The number of imidazole rings is 1. The predicted molar refractivity (Wildman–Crippen MR) is 108 cm³/mol. The van der Waals surface area contributed by atoms with Crippen LogP contribution in [0.2, 0.25) is 0 Å². The first-order chi connectivity index (χ1) is 13.7. The molecule has 0 atom stereocenters. The van der Waals surface area contributed by atoms with Crippen molar-refractivity contribution in [3.05, 3.63) is 78.1 Å². The highest BCUT2D eigenvalue weighted by Gasteiger charge is 2.29. The van der Waals surface area contributed by atoms with E-state index < -0.39 is 0 Å². The van der Waals surface area contributed by atoms with Crippen LogP contribution in [0.4, 0.5) is 0 Å². The van der Waals surface area contributed by atoms with Crippen LogP contribution in [0, 0.1) is 6.92 Å². The van der Waals surface area contributed by atoms with Gasteiger partial charge in [-0.2, -0.15) is 0 Å². The first-order valence-electron chi connectivity index (χ1n) is 9.31. The van der Waals surface area contributed by atoms with Crippen molar-refractivity contribution in [2.24, 2.45) is 4.99 Å². The van der Waals surface area contributed by atoms with Crippen LogP contribution in [-0.4, -0.2) is 44.3 Å². The molecule has 3 aromatic rings. The van der Waals surface area contributed by atoms with E-state index in [1.165, 1.54) is 11.1 Å². The summed E-state index contributed by atoms with van der Waals surface area (Å²) < 4.78 is 1.87. The average Bonchev–Trinajstić information content (AvgIpc) is 3.09. The molecule has 6 heteroatoms. The number of hydrogen-bond donors (Lipinski definition) is 0. The van der Waals surface area contributed by atoms with Crippen molar-refractivity contribution in [1.82, 2.24) is 19.4 Å². The zero-order chi connectivity index (χ0) is 19.1. The van der Waals surface area contributed by atoms with E-state index in [1.807, 2.05) is 47.0 Å². The zero-order valence-electron chi connectivity index (χ0n) is 15.5. The van der Waals surface area contributed by atoms with Gasteiger partial charge < -0.3 is 4.90 Å². The Kier molecular flexibility index (Phi) is 3.90. The largest absolute Gasteiger partial charge is 0.310 e. The van der Waals surface area contributed by atoms with Gasteiger partial charge in [0.2, 0.25) is 5.91 Å². The third kappa shape index (κ3) is 2.74. The Morgan fingerprint density at radius 1 is 1.11 bits per heavy atom. The van der Waals surface area contributed by atoms with Gasteiger partial charge >= 0.3 is 0 Å². The number of carbonyl (C=O) groups is 1. The Balaban J connectivity index is 1.67. The number of hydrogen-bond acceptors (Lipinski definition) is 4. The van der Waals surface area contributed by atoms with Gasteiger partial charge in [-0.1, -0.05) is 24.3 Å². The van der Waals surface area contributed by atoms with Crippen LogP contribution in [0.1, 0.15) is 16.8 Å². The topological polar surface area (TPSA) is 63.4 Å². The van der Waals surface area contributed by atoms with Crippen LogP contribution in [0.5, 0.6) is 0 Å². The molecule has 6 nitrogen and oxygen atoms in total. The van der Waals surface area contributed by atoms with E-state index in [1.54, 1.807) is 12.5 Å². The number of allylic oxidation sites excluding steroid dienone is 1. The molecule has 4 heterocycles. The highest BCUT2D eigenvalue weighted by molar-refractivity contribution is 6.06. The molecular weight excluding hydrogens is 350 g/mol. The molecule has 0 spiro atoms.